The second kappa shape index (κ2) is 5.99. The predicted octanol–water partition coefficient (Wildman–Crippen LogP) is 4.96. The number of benzene rings is 1. The molecular formula is C13H20S2Si. The van der Waals surface area contributed by atoms with Gasteiger partial charge in [-0.2, -0.15) is 0 Å². The highest BCUT2D eigenvalue weighted by Crippen LogP contribution is 2.38. The summed E-state index contributed by atoms with van der Waals surface area (Å²) in [5.41, 5.74) is 1.40. The molecule has 1 rings (SSSR count). The van der Waals surface area contributed by atoms with Crippen LogP contribution in [0.1, 0.15) is 5.56 Å². The average molecular weight is 269 g/mol. The lowest BCUT2D eigenvalue weighted by Crippen LogP contribution is -2.23. The van der Waals surface area contributed by atoms with Gasteiger partial charge >= 0.3 is 0 Å². The minimum absolute atomic E-state index is 1.29. The summed E-state index contributed by atoms with van der Waals surface area (Å²) in [4.78, 5) is 0. The lowest BCUT2D eigenvalue weighted by Gasteiger charge is -2.24. The van der Waals surface area contributed by atoms with Gasteiger partial charge in [0.05, 0.1) is 8.07 Å². The Labute approximate surface area is 109 Å². The molecule has 0 nitrogen and oxygen atoms in total. The highest BCUT2D eigenvalue weighted by Gasteiger charge is 2.24. The molecule has 0 saturated heterocycles. The minimum atomic E-state index is -1.29. The smallest absolute Gasteiger partial charge is 0.0805 e. The van der Waals surface area contributed by atoms with Crippen molar-refractivity contribution in [2.24, 2.45) is 0 Å². The summed E-state index contributed by atoms with van der Waals surface area (Å²) in [5.74, 6) is 0. The van der Waals surface area contributed by atoms with Crippen molar-refractivity contribution >= 4 is 36.8 Å². The second-order valence-electron chi connectivity index (χ2n) is 4.69. The molecule has 1 aromatic rings. The van der Waals surface area contributed by atoms with Crippen LogP contribution < -0.4 is 0 Å². The Morgan fingerprint density at radius 1 is 0.938 bits per heavy atom. The Hall–Kier alpha value is -0.123. The summed E-state index contributed by atoms with van der Waals surface area (Å²) in [6.45, 7) is 7.26. The number of rotatable bonds is 4. The van der Waals surface area contributed by atoms with Crippen LogP contribution in [0.25, 0.3) is 5.20 Å². The summed E-state index contributed by atoms with van der Waals surface area (Å²) in [5, 5.41) is 1.59. The highest BCUT2D eigenvalue weighted by atomic mass is 32.2. The van der Waals surface area contributed by atoms with E-state index in [0.29, 0.717) is 0 Å². The zero-order valence-electron chi connectivity index (χ0n) is 10.7. The predicted molar refractivity (Wildman–Crippen MR) is 83.7 cm³/mol. The topological polar surface area (TPSA) is 0 Å². The van der Waals surface area contributed by atoms with Gasteiger partial charge < -0.3 is 0 Å². The Morgan fingerprint density at radius 2 is 1.44 bits per heavy atom. The van der Waals surface area contributed by atoms with Gasteiger partial charge in [-0.25, -0.2) is 0 Å². The maximum atomic E-state index is 2.42. The van der Waals surface area contributed by atoms with Crippen LogP contribution in [0, 0.1) is 0 Å². The third kappa shape index (κ3) is 3.44. The van der Waals surface area contributed by atoms with E-state index in [1.807, 2.05) is 23.5 Å². The van der Waals surface area contributed by atoms with Gasteiger partial charge in [0.1, 0.15) is 0 Å². The van der Waals surface area contributed by atoms with Crippen LogP contribution in [0.3, 0.4) is 0 Å². The lowest BCUT2D eigenvalue weighted by molar-refractivity contribution is 1.62. The molecule has 0 saturated carbocycles. The lowest BCUT2D eigenvalue weighted by atomic mass is 10.2. The van der Waals surface area contributed by atoms with Gasteiger partial charge in [0, 0.05) is 4.24 Å². The fraction of sp³-hybridized carbons (Fsp3) is 0.385. The van der Waals surface area contributed by atoms with Gasteiger partial charge in [0.25, 0.3) is 0 Å². The van der Waals surface area contributed by atoms with Gasteiger partial charge in [-0.05, 0) is 23.3 Å². The van der Waals surface area contributed by atoms with E-state index in [4.69, 9.17) is 0 Å². The molecule has 0 spiro atoms. The van der Waals surface area contributed by atoms with Crippen molar-refractivity contribution in [3.8, 4) is 0 Å². The molecule has 0 aliphatic heterocycles. The summed E-state index contributed by atoms with van der Waals surface area (Å²) < 4.78 is 1.48. The molecule has 0 unspecified atom stereocenters. The first-order valence-electron chi connectivity index (χ1n) is 5.39. The molecule has 0 heterocycles. The first-order chi connectivity index (χ1) is 7.50. The SMILES string of the molecule is CSC(SC)=C(c1ccccc1)[Si](C)(C)C. The van der Waals surface area contributed by atoms with Crippen molar-refractivity contribution < 1.29 is 0 Å². The molecule has 0 fully saturated rings. The van der Waals surface area contributed by atoms with Gasteiger partial charge in [0.2, 0.25) is 0 Å². The van der Waals surface area contributed by atoms with Crippen LogP contribution in [0.5, 0.6) is 0 Å². The molecule has 0 atom stereocenters. The van der Waals surface area contributed by atoms with Gasteiger partial charge in [0.15, 0.2) is 0 Å². The quantitative estimate of drug-likeness (QED) is 0.708. The normalized spacial score (nSPS) is 11.3. The maximum Gasteiger partial charge on any atom is 0.0805 e. The molecule has 1 aromatic carbocycles. The minimum Gasteiger partial charge on any atom is -0.123 e. The van der Waals surface area contributed by atoms with Crippen LogP contribution in [0.15, 0.2) is 34.6 Å². The van der Waals surface area contributed by atoms with Gasteiger partial charge in [-0.3, -0.25) is 0 Å². The Morgan fingerprint density at radius 3 is 1.81 bits per heavy atom. The van der Waals surface area contributed by atoms with Crippen LogP contribution in [0.2, 0.25) is 19.6 Å². The Balaban J connectivity index is 3.33. The summed E-state index contributed by atoms with van der Waals surface area (Å²) in [6, 6.07) is 10.8. The van der Waals surface area contributed by atoms with E-state index in [9.17, 15) is 0 Å². The highest BCUT2D eigenvalue weighted by molar-refractivity contribution is 8.22. The average Bonchev–Trinajstić information content (AvgIpc) is 2.25. The standard InChI is InChI=1S/C13H20S2Si/c1-14-13(15-2)12(16(3,4)5)11-9-7-6-8-10-11/h6-10H,1-5H3. The van der Waals surface area contributed by atoms with Gasteiger partial charge in [-0.15, -0.1) is 23.5 Å². The molecule has 0 amide bonds. The Kier molecular flexibility index (Phi) is 5.22. The number of hydrogen-bond acceptors (Lipinski definition) is 2. The molecular weight excluding hydrogens is 248 g/mol. The van der Waals surface area contributed by atoms with Crippen molar-refractivity contribution in [3.63, 3.8) is 0 Å². The molecule has 0 aliphatic rings. The Bertz CT molecular complexity index is 357. The fourth-order valence-corrected chi connectivity index (χ4v) is 7.15. The second-order valence-corrected chi connectivity index (χ2v) is 11.6. The van der Waals surface area contributed by atoms with E-state index >= 15 is 0 Å². The van der Waals surface area contributed by atoms with Gasteiger partial charge in [-0.1, -0.05) is 50.0 Å². The van der Waals surface area contributed by atoms with E-state index in [0.717, 1.165) is 0 Å². The molecule has 16 heavy (non-hydrogen) atoms. The zero-order valence-corrected chi connectivity index (χ0v) is 13.3. The van der Waals surface area contributed by atoms with Crippen molar-refractivity contribution in [1.29, 1.82) is 0 Å². The number of thioether (sulfide) groups is 2. The third-order valence-corrected chi connectivity index (χ3v) is 6.94. The van der Waals surface area contributed by atoms with Crippen molar-refractivity contribution in [2.75, 3.05) is 12.5 Å². The summed E-state index contributed by atoms with van der Waals surface area (Å²) in [6.07, 6.45) is 4.35. The van der Waals surface area contributed by atoms with E-state index < -0.39 is 8.07 Å². The molecule has 88 valence electrons. The summed E-state index contributed by atoms with van der Waals surface area (Å²) >= 11 is 3.75. The first-order valence-corrected chi connectivity index (χ1v) is 11.3. The van der Waals surface area contributed by atoms with Crippen molar-refractivity contribution in [2.45, 2.75) is 19.6 Å². The van der Waals surface area contributed by atoms with Crippen molar-refractivity contribution in [3.05, 3.63) is 40.1 Å². The van der Waals surface area contributed by atoms with Crippen LogP contribution in [-0.4, -0.2) is 20.6 Å². The molecule has 0 aliphatic carbocycles. The van der Waals surface area contributed by atoms with E-state index in [1.165, 1.54) is 9.80 Å². The van der Waals surface area contributed by atoms with Crippen molar-refractivity contribution in [1.82, 2.24) is 0 Å². The molecule has 0 bridgehead atoms. The molecule has 0 aromatic heterocycles. The first kappa shape index (κ1) is 13.9. The number of hydrogen-bond donors (Lipinski definition) is 0. The van der Waals surface area contributed by atoms with E-state index in [-0.39, 0.29) is 0 Å². The van der Waals surface area contributed by atoms with E-state index in [2.05, 4.69) is 62.5 Å². The zero-order chi connectivity index (χ0) is 12.2. The maximum absolute atomic E-state index is 2.42. The fourth-order valence-electron chi connectivity index (χ4n) is 1.75. The van der Waals surface area contributed by atoms with E-state index in [1.54, 1.807) is 5.20 Å². The molecule has 3 heteroatoms. The largest absolute Gasteiger partial charge is 0.123 e. The third-order valence-electron chi connectivity index (χ3n) is 2.39. The summed E-state index contributed by atoms with van der Waals surface area (Å²) in [7, 11) is -1.29. The van der Waals surface area contributed by atoms with Crippen LogP contribution in [0.4, 0.5) is 0 Å². The monoisotopic (exact) mass is 268 g/mol. The molecule has 0 N–H and O–H groups in total. The van der Waals surface area contributed by atoms with Crippen LogP contribution in [-0.2, 0) is 0 Å². The van der Waals surface area contributed by atoms with Crippen LogP contribution >= 0.6 is 23.5 Å². The molecule has 0 radical (unpaired) electrons.